The number of sulfone groups is 1. The molecule has 2 aromatic carbocycles. The maximum atomic E-state index is 13.5. The van der Waals surface area contributed by atoms with Gasteiger partial charge in [0.15, 0.2) is 0 Å². The number of methoxy groups -OCH3 is 2. The van der Waals surface area contributed by atoms with Crippen molar-refractivity contribution in [2.75, 3.05) is 20.8 Å². The van der Waals surface area contributed by atoms with Gasteiger partial charge in [0.25, 0.3) is 5.91 Å². The first-order chi connectivity index (χ1) is 17.9. The number of ether oxygens (including phenoxy) is 2. The molecular weight excluding hydrogens is 494 g/mol. The molecule has 0 bridgehead atoms. The van der Waals surface area contributed by atoms with Crippen LogP contribution in [0.4, 0.5) is 0 Å². The highest BCUT2D eigenvalue weighted by molar-refractivity contribution is 7.90. The van der Waals surface area contributed by atoms with E-state index in [-0.39, 0.29) is 43.1 Å². The first kappa shape index (κ1) is 26.2. The van der Waals surface area contributed by atoms with E-state index in [1.165, 1.54) is 6.20 Å². The van der Waals surface area contributed by atoms with Gasteiger partial charge in [0.1, 0.15) is 11.5 Å². The molecule has 0 N–H and O–H groups in total. The monoisotopic (exact) mass is 523 g/mol. The summed E-state index contributed by atoms with van der Waals surface area (Å²) in [4.78, 5) is 19.4. The SMILES string of the molecule is COCCn1c(CN(Cc2ccco2)C(=O)c2ccc(OC)cc2)cnc1S(=O)(=O)Cc1ccccc1. The summed E-state index contributed by atoms with van der Waals surface area (Å²) in [6, 6.07) is 19.3. The normalized spacial score (nSPS) is 11.4. The Kier molecular flexibility index (Phi) is 8.42. The largest absolute Gasteiger partial charge is 0.497 e. The molecule has 0 radical (unpaired) electrons. The Labute approximate surface area is 216 Å². The highest BCUT2D eigenvalue weighted by Gasteiger charge is 2.26. The number of amides is 1. The second-order valence-electron chi connectivity index (χ2n) is 8.39. The lowest BCUT2D eigenvalue weighted by atomic mass is 10.2. The van der Waals surface area contributed by atoms with Crippen LogP contribution in [-0.2, 0) is 40.0 Å². The highest BCUT2D eigenvalue weighted by atomic mass is 32.2. The van der Waals surface area contributed by atoms with Crippen LogP contribution in [0.1, 0.15) is 27.4 Å². The van der Waals surface area contributed by atoms with Crippen LogP contribution < -0.4 is 4.74 Å². The zero-order valence-corrected chi connectivity index (χ0v) is 21.6. The Morgan fingerprint density at radius 3 is 2.41 bits per heavy atom. The molecule has 10 heteroatoms. The molecule has 0 aliphatic rings. The van der Waals surface area contributed by atoms with E-state index in [0.29, 0.717) is 28.3 Å². The third-order valence-electron chi connectivity index (χ3n) is 5.80. The first-order valence-electron chi connectivity index (χ1n) is 11.7. The average molecular weight is 524 g/mol. The first-order valence-corrected chi connectivity index (χ1v) is 13.3. The number of benzene rings is 2. The van der Waals surface area contributed by atoms with Crippen molar-refractivity contribution in [2.45, 2.75) is 30.5 Å². The number of furan rings is 1. The summed E-state index contributed by atoms with van der Waals surface area (Å²) in [5.41, 5.74) is 1.70. The van der Waals surface area contributed by atoms with Gasteiger partial charge in [0.2, 0.25) is 15.0 Å². The summed E-state index contributed by atoms with van der Waals surface area (Å²) in [6.07, 6.45) is 3.05. The van der Waals surface area contributed by atoms with E-state index < -0.39 is 9.84 Å². The summed E-state index contributed by atoms with van der Waals surface area (Å²) < 4.78 is 44.2. The standard InChI is InChI=1S/C27H29N3O6S/c1-34-16-14-30-23(17-28-27(30)37(32,33)20-21-7-4-3-5-8-21)18-29(19-25-9-6-15-36-25)26(31)22-10-12-24(35-2)13-11-22/h3-13,15,17H,14,16,18-20H2,1-2H3. The molecule has 2 aromatic heterocycles. The number of hydrogen-bond acceptors (Lipinski definition) is 7. The van der Waals surface area contributed by atoms with Gasteiger partial charge in [0, 0.05) is 19.2 Å². The van der Waals surface area contributed by atoms with Crippen LogP contribution in [0.2, 0.25) is 0 Å². The summed E-state index contributed by atoms with van der Waals surface area (Å²) in [6.45, 7) is 0.852. The topological polar surface area (TPSA) is 104 Å². The molecule has 4 rings (SSSR count). The molecule has 37 heavy (non-hydrogen) atoms. The lowest BCUT2D eigenvalue weighted by Crippen LogP contribution is -2.31. The van der Waals surface area contributed by atoms with Gasteiger partial charge in [-0.2, -0.15) is 0 Å². The quantitative estimate of drug-likeness (QED) is 0.277. The van der Waals surface area contributed by atoms with Crippen LogP contribution in [0.15, 0.2) is 88.8 Å². The number of carbonyl (C=O) groups excluding carboxylic acids is 1. The number of hydrogen-bond donors (Lipinski definition) is 0. The maximum Gasteiger partial charge on any atom is 0.254 e. The highest BCUT2D eigenvalue weighted by Crippen LogP contribution is 2.21. The van der Waals surface area contributed by atoms with Gasteiger partial charge in [-0.1, -0.05) is 30.3 Å². The summed E-state index contributed by atoms with van der Waals surface area (Å²) in [5.74, 6) is 0.812. The Hall–Kier alpha value is -3.89. The molecule has 0 aliphatic heterocycles. The molecule has 0 aliphatic carbocycles. The van der Waals surface area contributed by atoms with Crippen molar-refractivity contribution in [1.29, 1.82) is 0 Å². The molecule has 4 aromatic rings. The van der Waals surface area contributed by atoms with Crippen molar-refractivity contribution in [3.05, 3.63) is 102 Å². The van der Waals surface area contributed by atoms with Crippen LogP contribution in [0.25, 0.3) is 0 Å². The third-order valence-corrected chi connectivity index (χ3v) is 7.40. The second-order valence-corrected chi connectivity index (χ2v) is 10.3. The van der Waals surface area contributed by atoms with Crippen molar-refractivity contribution >= 4 is 15.7 Å². The molecule has 0 fully saturated rings. The molecule has 194 valence electrons. The summed E-state index contributed by atoms with van der Waals surface area (Å²) in [5, 5.41) is -0.0572. The van der Waals surface area contributed by atoms with E-state index in [0.717, 1.165) is 0 Å². The predicted molar refractivity (Wildman–Crippen MR) is 137 cm³/mol. The Balaban J connectivity index is 1.66. The van der Waals surface area contributed by atoms with Crippen LogP contribution in [0.3, 0.4) is 0 Å². The van der Waals surface area contributed by atoms with Gasteiger partial charge in [-0.05, 0) is 42.0 Å². The molecule has 2 heterocycles. The Morgan fingerprint density at radius 1 is 1.00 bits per heavy atom. The predicted octanol–water partition coefficient (Wildman–Crippen LogP) is 3.95. The maximum absolute atomic E-state index is 13.5. The zero-order valence-electron chi connectivity index (χ0n) is 20.7. The van der Waals surface area contributed by atoms with Crippen molar-refractivity contribution in [1.82, 2.24) is 14.5 Å². The molecule has 0 saturated carbocycles. The molecular formula is C27H29N3O6S. The number of aromatic nitrogens is 2. The number of carbonyl (C=O) groups is 1. The van der Waals surface area contributed by atoms with E-state index in [1.54, 1.807) is 90.6 Å². The Morgan fingerprint density at radius 2 is 1.76 bits per heavy atom. The van der Waals surface area contributed by atoms with E-state index in [4.69, 9.17) is 13.9 Å². The Bertz CT molecular complexity index is 1400. The van der Waals surface area contributed by atoms with Crippen LogP contribution in [0, 0.1) is 0 Å². The summed E-state index contributed by atoms with van der Waals surface area (Å²) in [7, 11) is -0.652. The fourth-order valence-corrected chi connectivity index (χ4v) is 5.47. The van der Waals surface area contributed by atoms with Crippen LogP contribution >= 0.6 is 0 Å². The average Bonchev–Trinajstić information content (AvgIpc) is 3.57. The summed E-state index contributed by atoms with van der Waals surface area (Å²) >= 11 is 0. The fourth-order valence-electron chi connectivity index (χ4n) is 3.95. The minimum absolute atomic E-state index is 0.0572. The van der Waals surface area contributed by atoms with Gasteiger partial charge >= 0.3 is 0 Å². The molecule has 0 spiro atoms. The number of nitrogens with zero attached hydrogens (tertiary/aromatic N) is 3. The molecule has 0 saturated heterocycles. The minimum atomic E-state index is -3.76. The van der Waals surface area contributed by atoms with Crippen molar-refractivity contribution in [3.8, 4) is 5.75 Å². The lowest BCUT2D eigenvalue weighted by Gasteiger charge is -2.23. The van der Waals surface area contributed by atoms with Gasteiger partial charge in [-0.3, -0.25) is 4.79 Å². The van der Waals surface area contributed by atoms with E-state index in [1.807, 2.05) is 6.07 Å². The second kappa shape index (κ2) is 11.9. The molecule has 1 amide bonds. The molecule has 9 nitrogen and oxygen atoms in total. The van der Waals surface area contributed by atoms with Gasteiger partial charge in [-0.25, -0.2) is 13.4 Å². The lowest BCUT2D eigenvalue weighted by molar-refractivity contribution is 0.0712. The van der Waals surface area contributed by atoms with Crippen molar-refractivity contribution < 1.29 is 27.1 Å². The smallest absolute Gasteiger partial charge is 0.254 e. The van der Waals surface area contributed by atoms with E-state index >= 15 is 0 Å². The number of imidazole rings is 1. The zero-order chi connectivity index (χ0) is 26.3. The minimum Gasteiger partial charge on any atom is -0.497 e. The third kappa shape index (κ3) is 6.46. The van der Waals surface area contributed by atoms with Crippen molar-refractivity contribution in [2.24, 2.45) is 0 Å². The van der Waals surface area contributed by atoms with Crippen LogP contribution in [-0.4, -0.2) is 49.6 Å². The van der Waals surface area contributed by atoms with Crippen LogP contribution in [0.5, 0.6) is 5.75 Å². The van der Waals surface area contributed by atoms with E-state index in [2.05, 4.69) is 4.98 Å². The molecule has 0 unspecified atom stereocenters. The van der Waals surface area contributed by atoms with Gasteiger partial charge in [0.05, 0.1) is 50.7 Å². The van der Waals surface area contributed by atoms with Crippen molar-refractivity contribution in [3.63, 3.8) is 0 Å². The van der Waals surface area contributed by atoms with E-state index in [9.17, 15) is 13.2 Å². The molecule has 0 atom stereocenters. The van der Waals surface area contributed by atoms with Gasteiger partial charge < -0.3 is 23.4 Å². The van der Waals surface area contributed by atoms with Gasteiger partial charge in [-0.15, -0.1) is 0 Å². The fraction of sp³-hybridized carbons (Fsp3) is 0.259. The number of rotatable bonds is 12.